The first-order valence-corrected chi connectivity index (χ1v) is 6.90. The second-order valence-electron chi connectivity index (χ2n) is 4.03. The highest BCUT2D eigenvalue weighted by atomic mass is 79.9. The number of carbonyl (C=O) groups excluding carboxylic acids is 1. The maximum absolute atomic E-state index is 13.3. The average molecular weight is 351 g/mol. The van der Waals surface area contributed by atoms with Crippen molar-refractivity contribution in [3.05, 3.63) is 64.4 Å². The Morgan fingerprint density at radius 3 is 2.71 bits per heavy atom. The zero-order valence-electron chi connectivity index (χ0n) is 10.9. The molecule has 0 bridgehead atoms. The van der Waals surface area contributed by atoms with Gasteiger partial charge in [0.25, 0.3) is 5.91 Å². The molecule has 21 heavy (non-hydrogen) atoms. The zero-order chi connectivity index (χ0) is 15.1. The van der Waals surface area contributed by atoms with Gasteiger partial charge in [-0.2, -0.15) is 5.10 Å². The smallest absolute Gasteiger partial charge is 0.277 e. The Morgan fingerprint density at radius 1 is 1.24 bits per heavy atom. The summed E-state index contributed by atoms with van der Waals surface area (Å²) in [6.45, 7) is -0.311. The molecule has 0 unspecified atom stereocenters. The molecule has 0 heterocycles. The number of nitrogens with one attached hydrogen (secondary N) is 1. The molecule has 0 saturated carbocycles. The minimum Gasteiger partial charge on any atom is -0.481 e. The average Bonchev–Trinajstić information content (AvgIpc) is 2.48. The molecule has 2 rings (SSSR count). The van der Waals surface area contributed by atoms with Crippen LogP contribution >= 0.6 is 15.9 Å². The predicted molar refractivity (Wildman–Crippen MR) is 81.8 cm³/mol. The van der Waals surface area contributed by atoms with Crippen LogP contribution in [0.2, 0.25) is 0 Å². The molecule has 2 aromatic carbocycles. The summed E-state index contributed by atoms with van der Waals surface area (Å²) in [6, 6.07) is 13.3. The molecule has 1 amide bonds. The molecule has 6 heteroatoms. The van der Waals surface area contributed by atoms with Crippen molar-refractivity contribution in [3.63, 3.8) is 0 Å². The van der Waals surface area contributed by atoms with E-state index in [1.165, 1.54) is 18.3 Å². The number of carbonyl (C=O) groups is 1. The second kappa shape index (κ2) is 7.54. The number of halogens is 2. The maximum Gasteiger partial charge on any atom is 0.277 e. The van der Waals surface area contributed by atoms with Crippen molar-refractivity contribution in [1.82, 2.24) is 5.43 Å². The molecule has 1 N–H and O–H groups in total. The largest absolute Gasteiger partial charge is 0.481 e. The van der Waals surface area contributed by atoms with E-state index in [2.05, 4.69) is 26.5 Å². The molecule has 0 radical (unpaired) electrons. The molecular weight excluding hydrogens is 339 g/mol. The number of benzene rings is 2. The highest BCUT2D eigenvalue weighted by Crippen LogP contribution is 2.15. The van der Waals surface area contributed by atoms with Gasteiger partial charge in [0.15, 0.2) is 18.2 Å². The van der Waals surface area contributed by atoms with Crippen molar-refractivity contribution in [2.75, 3.05) is 6.61 Å². The fourth-order valence-corrected chi connectivity index (χ4v) is 1.88. The quantitative estimate of drug-likeness (QED) is 0.665. The van der Waals surface area contributed by atoms with Gasteiger partial charge in [-0.15, -0.1) is 0 Å². The van der Waals surface area contributed by atoms with Crippen molar-refractivity contribution in [1.29, 1.82) is 0 Å². The number of hydrazone groups is 1. The Bertz CT molecular complexity index is 662. The summed E-state index contributed by atoms with van der Waals surface area (Å²) >= 11 is 3.36. The Kier molecular flexibility index (Phi) is 5.45. The second-order valence-corrected chi connectivity index (χ2v) is 4.89. The fourth-order valence-electron chi connectivity index (χ4n) is 1.49. The van der Waals surface area contributed by atoms with Crippen LogP contribution < -0.4 is 10.2 Å². The molecule has 0 aliphatic carbocycles. The minimum absolute atomic E-state index is 0.0300. The van der Waals surface area contributed by atoms with Gasteiger partial charge < -0.3 is 4.74 Å². The molecule has 0 fully saturated rings. The Labute approximate surface area is 129 Å². The van der Waals surface area contributed by atoms with E-state index < -0.39 is 11.7 Å². The van der Waals surface area contributed by atoms with Gasteiger partial charge in [-0.1, -0.05) is 46.3 Å². The van der Waals surface area contributed by atoms with Crippen LogP contribution in [0, 0.1) is 5.82 Å². The summed E-state index contributed by atoms with van der Waals surface area (Å²) in [7, 11) is 0. The molecular formula is C15H12BrFN2O2. The van der Waals surface area contributed by atoms with Crippen LogP contribution in [-0.4, -0.2) is 18.7 Å². The molecule has 0 aliphatic rings. The van der Waals surface area contributed by atoms with Gasteiger partial charge >= 0.3 is 0 Å². The summed E-state index contributed by atoms with van der Waals surface area (Å²) < 4.78 is 19.2. The minimum atomic E-state index is -0.512. The highest BCUT2D eigenvalue weighted by Gasteiger charge is 2.05. The number of amides is 1. The molecule has 0 spiro atoms. The zero-order valence-corrected chi connectivity index (χ0v) is 12.5. The lowest BCUT2D eigenvalue weighted by atomic mass is 10.2. The number of nitrogens with zero attached hydrogens (tertiary/aromatic N) is 1. The van der Waals surface area contributed by atoms with E-state index in [1.807, 2.05) is 24.3 Å². The van der Waals surface area contributed by atoms with E-state index in [0.717, 1.165) is 10.0 Å². The number of para-hydroxylation sites is 1. The van der Waals surface area contributed by atoms with Crippen LogP contribution in [0.4, 0.5) is 4.39 Å². The molecule has 0 saturated heterocycles. The van der Waals surface area contributed by atoms with Crippen molar-refractivity contribution < 1.29 is 13.9 Å². The predicted octanol–water partition coefficient (Wildman–Crippen LogP) is 3.12. The summed E-state index contributed by atoms with van der Waals surface area (Å²) in [5.41, 5.74) is 3.14. The van der Waals surface area contributed by atoms with Crippen LogP contribution in [0.1, 0.15) is 5.56 Å². The van der Waals surface area contributed by atoms with Crippen LogP contribution in [0.15, 0.2) is 58.1 Å². The molecule has 4 nitrogen and oxygen atoms in total. The number of rotatable bonds is 5. The monoisotopic (exact) mass is 350 g/mol. The van der Waals surface area contributed by atoms with Crippen LogP contribution in [-0.2, 0) is 4.79 Å². The van der Waals surface area contributed by atoms with Crippen LogP contribution in [0.25, 0.3) is 0 Å². The van der Waals surface area contributed by atoms with Gasteiger partial charge in [-0.3, -0.25) is 4.79 Å². The highest BCUT2D eigenvalue weighted by molar-refractivity contribution is 9.10. The molecule has 108 valence electrons. The van der Waals surface area contributed by atoms with Gasteiger partial charge in [-0.05, 0) is 18.2 Å². The lowest BCUT2D eigenvalue weighted by Gasteiger charge is -2.05. The van der Waals surface area contributed by atoms with E-state index in [9.17, 15) is 9.18 Å². The normalized spacial score (nSPS) is 10.6. The third kappa shape index (κ3) is 4.68. The summed E-state index contributed by atoms with van der Waals surface area (Å²) in [4.78, 5) is 11.5. The molecule has 2 aromatic rings. The van der Waals surface area contributed by atoms with E-state index in [1.54, 1.807) is 12.1 Å². The van der Waals surface area contributed by atoms with Gasteiger partial charge in [0.1, 0.15) is 0 Å². The van der Waals surface area contributed by atoms with E-state index in [0.29, 0.717) is 0 Å². The lowest BCUT2D eigenvalue weighted by Crippen LogP contribution is -2.24. The topological polar surface area (TPSA) is 50.7 Å². The molecule has 0 aliphatic heterocycles. The van der Waals surface area contributed by atoms with Crippen molar-refractivity contribution >= 4 is 28.1 Å². The summed E-state index contributed by atoms with van der Waals surface area (Å²) in [6.07, 6.45) is 1.51. The van der Waals surface area contributed by atoms with E-state index >= 15 is 0 Å². The Morgan fingerprint density at radius 2 is 1.95 bits per heavy atom. The first kappa shape index (κ1) is 15.2. The van der Waals surface area contributed by atoms with Crippen LogP contribution in [0.3, 0.4) is 0 Å². The third-order valence-corrected chi connectivity index (χ3v) is 3.22. The Balaban J connectivity index is 1.83. The fraction of sp³-hybridized carbons (Fsp3) is 0.0667. The number of hydrogen-bond donors (Lipinski definition) is 1. The van der Waals surface area contributed by atoms with Crippen molar-refractivity contribution in [3.8, 4) is 5.75 Å². The number of hydrogen-bond acceptors (Lipinski definition) is 3. The van der Waals surface area contributed by atoms with Gasteiger partial charge in [-0.25, -0.2) is 9.82 Å². The van der Waals surface area contributed by atoms with Gasteiger partial charge in [0.05, 0.1) is 6.21 Å². The molecule has 0 atom stereocenters. The van der Waals surface area contributed by atoms with E-state index in [-0.39, 0.29) is 12.4 Å². The lowest BCUT2D eigenvalue weighted by molar-refractivity contribution is -0.123. The summed E-state index contributed by atoms with van der Waals surface area (Å²) in [5, 5.41) is 3.81. The first-order chi connectivity index (χ1) is 10.2. The SMILES string of the molecule is O=C(COc1ccccc1F)N/N=C/c1ccccc1Br. The van der Waals surface area contributed by atoms with Crippen molar-refractivity contribution in [2.24, 2.45) is 5.10 Å². The van der Waals surface area contributed by atoms with Gasteiger partial charge in [0.2, 0.25) is 0 Å². The molecule has 0 aromatic heterocycles. The van der Waals surface area contributed by atoms with Crippen molar-refractivity contribution in [2.45, 2.75) is 0 Å². The van der Waals surface area contributed by atoms with Crippen LogP contribution in [0.5, 0.6) is 5.75 Å². The first-order valence-electron chi connectivity index (χ1n) is 6.10. The third-order valence-electron chi connectivity index (χ3n) is 2.49. The summed E-state index contributed by atoms with van der Waals surface area (Å²) in [5.74, 6) is -0.953. The standard InChI is InChI=1S/C15H12BrFN2O2/c16-12-6-2-1-5-11(12)9-18-19-15(20)10-21-14-8-4-3-7-13(14)17/h1-9H,10H2,(H,19,20)/b18-9+. The van der Waals surface area contributed by atoms with E-state index in [4.69, 9.17) is 4.74 Å². The number of ether oxygens (including phenoxy) is 1. The Hall–Kier alpha value is -2.21. The van der Waals surface area contributed by atoms with Gasteiger partial charge in [0, 0.05) is 10.0 Å². The maximum atomic E-state index is 13.3.